The van der Waals surface area contributed by atoms with Gasteiger partial charge in [0.2, 0.25) is 0 Å². The summed E-state index contributed by atoms with van der Waals surface area (Å²) in [5, 5.41) is 75.2. The van der Waals surface area contributed by atoms with Gasteiger partial charge in [0.25, 0.3) is 0 Å². The normalized spacial score (nSPS) is 11.7. The zero-order valence-electron chi connectivity index (χ0n) is 57.7. The summed E-state index contributed by atoms with van der Waals surface area (Å²) in [6.45, 7) is 0. The molecule has 6 N–H and O–H groups in total. The number of fused-ring (bicyclic) bond motifs is 20. The second-order valence-corrected chi connectivity index (χ2v) is 24.9. The Kier molecular flexibility index (Phi) is 18.0. The third-order valence-electron chi connectivity index (χ3n) is 17.6. The van der Waals surface area contributed by atoms with Crippen molar-refractivity contribution >= 4 is 114 Å². The van der Waals surface area contributed by atoms with Crippen LogP contribution in [0.1, 0.15) is 41.4 Å². The van der Waals surface area contributed by atoms with Crippen molar-refractivity contribution in [3.8, 4) is 91.5 Å². The summed E-state index contributed by atoms with van der Waals surface area (Å²) < 4.78 is 26.0. The van der Waals surface area contributed by atoms with Crippen molar-refractivity contribution in [3.05, 3.63) is 289 Å². The molecule has 12 aromatic carbocycles. The minimum Gasteiger partial charge on any atom is -0.478 e. The predicted molar refractivity (Wildman–Crippen MR) is 412 cm³/mol. The SMILES string of the molecule is O=C(O)c1ccccc1N=Nc1ccc(Oc2ccc3c(c2)-c2nc-3nc3[nH]c(nc4nc(nc5[nH]c(n2)c2ccc(Oc6ccc(N=Nc7ccccc7C(=O)O)cc6)cc52)-c2ccc(Oc5ccc(N=Nc6ccccc6C(=O)O)cc5)cc2-4)c2ccc(Oc4ccc(N=Nc5ccccc5C(=O)O)cc4)cc32)cc1. The molecule has 112 heavy (non-hydrogen) atoms. The Labute approximate surface area is 630 Å². The number of nitrogens with one attached hydrogen (secondary N) is 2. The minimum atomic E-state index is -1.13. The Hall–Kier alpha value is -16.5. The van der Waals surface area contributed by atoms with Gasteiger partial charge >= 0.3 is 23.9 Å². The van der Waals surface area contributed by atoms with Gasteiger partial charge < -0.3 is 49.3 Å². The number of carboxylic acid groups (broad SMARTS) is 4. The van der Waals surface area contributed by atoms with Crippen LogP contribution in [-0.2, 0) is 0 Å². The smallest absolute Gasteiger partial charge is 0.337 e. The third-order valence-corrected chi connectivity index (χ3v) is 17.6. The number of hydrogen-bond donors (Lipinski definition) is 6. The van der Waals surface area contributed by atoms with E-state index in [9.17, 15) is 39.6 Å². The minimum absolute atomic E-state index is 0.0103. The zero-order valence-corrected chi connectivity index (χ0v) is 57.7. The first-order valence-electron chi connectivity index (χ1n) is 34.2. The van der Waals surface area contributed by atoms with Gasteiger partial charge in [0.05, 0.1) is 45.0 Å². The number of nitrogens with zero attached hydrogens (tertiary/aromatic N) is 14. The molecular formula is C84H50N16O12. The van der Waals surface area contributed by atoms with Gasteiger partial charge in [0.1, 0.15) is 91.3 Å². The Morgan fingerprint density at radius 1 is 0.241 bits per heavy atom. The average molecular weight is 1480 g/mol. The van der Waals surface area contributed by atoms with E-state index in [-0.39, 0.29) is 68.3 Å². The standard InChI is InChI=1S/C84H50N16O12/c101-81(102)61-9-1-5-13-69(61)97-93-45-17-25-49(26-18-45)109-53-33-37-57-65(41-53)77-85-73(57)90-78-67-43-55(111-51-29-21-47(22-30-51)95-99-71-15-7-3-11-63(71)83(105)106)35-39-59(67)75(87-78)92-80-68-44-56(112-52-31-23-48(24-32-52)96-100-72-16-8-4-12-64(72)84(107)108)36-40-60(68)76(88-80)91-79-66-42-54(34-38-58(66)74(86-79)89-77)110-50-27-19-46(20-28-50)94-98-70-14-6-2-10-62(70)82(103)104/h1-44H,(H,101,102)(H,103,104)(H,105,106)(H,107,108)(H2,85,86,87,88,89,90,91,92). The monoisotopic (exact) mass is 1470 g/mol. The maximum Gasteiger partial charge on any atom is 0.337 e. The van der Waals surface area contributed by atoms with Gasteiger partial charge in [-0.2, -0.15) is 20.5 Å². The van der Waals surface area contributed by atoms with Crippen molar-refractivity contribution < 1.29 is 58.6 Å². The zero-order chi connectivity index (χ0) is 76.3. The lowest BCUT2D eigenvalue weighted by atomic mass is 10.1. The highest BCUT2D eigenvalue weighted by molar-refractivity contribution is 6.07. The molecular weight excluding hydrogens is 1430 g/mol. The molecule has 0 fully saturated rings. The molecule has 5 heterocycles. The van der Waals surface area contributed by atoms with Crippen LogP contribution in [-0.4, -0.2) is 84.2 Å². The van der Waals surface area contributed by atoms with Gasteiger partial charge in [-0.05, 0) is 218 Å². The molecule has 0 spiro atoms. The summed E-state index contributed by atoms with van der Waals surface area (Å²) in [4.78, 5) is 86.0. The Morgan fingerprint density at radius 3 is 0.768 bits per heavy atom. The average Bonchev–Trinajstić information content (AvgIpc) is 1.60. The van der Waals surface area contributed by atoms with E-state index in [0.29, 0.717) is 135 Å². The number of rotatable bonds is 20. The number of hydrogen-bond acceptors (Lipinski definition) is 22. The summed E-state index contributed by atoms with van der Waals surface area (Å²) in [5.74, 6) is -0.0477. The van der Waals surface area contributed by atoms with Crippen LogP contribution >= 0.6 is 0 Å². The molecule has 0 atom stereocenters. The molecule has 0 unspecified atom stereocenters. The maximum absolute atomic E-state index is 11.9. The Balaban J connectivity index is 0.785. The summed E-state index contributed by atoms with van der Waals surface area (Å²) in [5.41, 5.74) is 6.24. The Morgan fingerprint density at radius 2 is 0.482 bits per heavy atom. The number of H-pyrrole nitrogens is 2. The summed E-state index contributed by atoms with van der Waals surface area (Å²) >= 11 is 0. The Bertz CT molecular complexity index is 6270. The lowest BCUT2D eigenvalue weighted by molar-refractivity contribution is 0.0687. The molecule has 8 bridgehead atoms. The van der Waals surface area contributed by atoms with Crippen LogP contribution < -0.4 is 18.9 Å². The fraction of sp³-hybridized carbons (Fsp3) is 0. The van der Waals surface area contributed by atoms with E-state index in [4.69, 9.17) is 48.9 Å². The van der Waals surface area contributed by atoms with Crippen molar-refractivity contribution in [2.45, 2.75) is 0 Å². The predicted octanol–water partition coefficient (Wildman–Crippen LogP) is 22.5. The molecule has 28 heteroatoms. The van der Waals surface area contributed by atoms with Crippen molar-refractivity contribution in [2.24, 2.45) is 40.9 Å². The van der Waals surface area contributed by atoms with Gasteiger partial charge in [-0.25, -0.2) is 49.1 Å². The molecule has 538 valence electrons. The summed E-state index contributed by atoms with van der Waals surface area (Å²) in [6.07, 6.45) is 0. The number of carboxylic acids is 4. The molecule has 28 nitrogen and oxygen atoms in total. The van der Waals surface area contributed by atoms with E-state index in [1.807, 2.05) is 48.5 Å². The highest BCUT2D eigenvalue weighted by atomic mass is 16.5. The first-order valence-corrected chi connectivity index (χ1v) is 34.2. The van der Waals surface area contributed by atoms with Crippen LogP contribution in [0.3, 0.4) is 0 Å². The summed E-state index contributed by atoms with van der Waals surface area (Å²) in [6, 6.07) is 74.2. The second kappa shape index (κ2) is 29.4. The molecule has 0 saturated heterocycles. The lowest BCUT2D eigenvalue weighted by Crippen LogP contribution is -1.95. The van der Waals surface area contributed by atoms with E-state index in [1.165, 1.54) is 24.3 Å². The van der Waals surface area contributed by atoms with Gasteiger partial charge in [-0.1, -0.05) is 48.5 Å². The van der Waals surface area contributed by atoms with Crippen LogP contribution in [0.2, 0.25) is 0 Å². The van der Waals surface area contributed by atoms with Crippen LogP contribution in [0.15, 0.2) is 308 Å². The first kappa shape index (κ1) is 68.6. The van der Waals surface area contributed by atoms with Gasteiger partial charge in [-0.3, -0.25) is 0 Å². The molecule has 17 rings (SSSR count). The highest BCUT2D eigenvalue weighted by Crippen LogP contribution is 2.43. The topological polar surface area (TPSA) is 394 Å². The van der Waals surface area contributed by atoms with Crippen molar-refractivity contribution in [2.75, 3.05) is 0 Å². The van der Waals surface area contributed by atoms with Gasteiger partial charge in [0.15, 0.2) is 23.3 Å². The third kappa shape index (κ3) is 14.4. The molecule has 0 saturated carbocycles. The fourth-order valence-electron chi connectivity index (χ4n) is 12.2. The number of aromatic nitrogens is 8. The molecule has 2 aliphatic rings. The van der Waals surface area contributed by atoms with Crippen molar-refractivity contribution in [1.29, 1.82) is 0 Å². The lowest BCUT2D eigenvalue weighted by Gasteiger charge is -2.08. The molecule has 0 amide bonds. The number of benzene rings is 12. The number of carbonyl (C=O) groups is 4. The van der Waals surface area contributed by atoms with E-state index in [1.54, 1.807) is 194 Å². The quantitative estimate of drug-likeness (QED) is 0.0386. The first-order chi connectivity index (χ1) is 54.7. The van der Waals surface area contributed by atoms with Gasteiger partial charge in [-0.15, -0.1) is 20.5 Å². The number of ether oxygens (including phenoxy) is 4. The molecule has 15 aromatic rings. The van der Waals surface area contributed by atoms with Crippen LogP contribution in [0.5, 0.6) is 46.0 Å². The van der Waals surface area contributed by atoms with Crippen molar-refractivity contribution in [3.63, 3.8) is 0 Å². The number of aromatic amines is 2. The summed E-state index contributed by atoms with van der Waals surface area (Å²) in [7, 11) is 0. The number of aromatic carboxylic acids is 4. The number of azo groups is 4. The van der Waals surface area contributed by atoms with E-state index < -0.39 is 23.9 Å². The largest absolute Gasteiger partial charge is 0.478 e. The second-order valence-electron chi connectivity index (χ2n) is 24.9. The molecule has 0 aliphatic carbocycles. The van der Waals surface area contributed by atoms with Crippen molar-refractivity contribution in [1.82, 2.24) is 39.9 Å². The molecule has 3 aromatic heterocycles. The van der Waals surface area contributed by atoms with E-state index in [2.05, 4.69) is 50.9 Å². The van der Waals surface area contributed by atoms with Gasteiger partial charge in [0, 0.05) is 43.8 Å². The van der Waals surface area contributed by atoms with E-state index >= 15 is 0 Å². The van der Waals surface area contributed by atoms with Crippen LogP contribution in [0.4, 0.5) is 45.5 Å². The van der Waals surface area contributed by atoms with Crippen LogP contribution in [0, 0.1) is 0 Å². The molecule has 0 radical (unpaired) electrons. The van der Waals surface area contributed by atoms with E-state index in [0.717, 1.165) is 0 Å². The maximum atomic E-state index is 11.9. The fourth-order valence-corrected chi connectivity index (χ4v) is 12.2. The molecule has 2 aliphatic heterocycles. The highest BCUT2D eigenvalue weighted by Gasteiger charge is 2.26. The van der Waals surface area contributed by atoms with Crippen LogP contribution in [0.25, 0.3) is 89.7 Å².